The second kappa shape index (κ2) is 9.26. The summed E-state index contributed by atoms with van der Waals surface area (Å²) in [6, 6.07) is 14.6. The molecule has 2 N–H and O–H groups in total. The van der Waals surface area contributed by atoms with Gasteiger partial charge in [0.05, 0.1) is 23.7 Å². The van der Waals surface area contributed by atoms with Gasteiger partial charge in [-0.15, -0.1) is 0 Å². The molecular formula is C23H28FN5O. The number of hydrogen-bond donors (Lipinski definition) is 2. The minimum atomic E-state index is -0.236. The molecule has 1 fully saturated rings. The van der Waals surface area contributed by atoms with Crippen molar-refractivity contribution in [1.29, 1.82) is 0 Å². The number of halogens is 1. The molecule has 7 heteroatoms. The van der Waals surface area contributed by atoms with Gasteiger partial charge < -0.3 is 19.9 Å². The van der Waals surface area contributed by atoms with Crippen LogP contribution in [-0.2, 0) is 11.2 Å². The van der Waals surface area contributed by atoms with Crippen LogP contribution in [0.4, 0.5) is 4.39 Å². The van der Waals surface area contributed by atoms with Crippen molar-refractivity contribution in [2.75, 3.05) is 26.2 Å². The molecule has 0 aliphatic carbocycles. The summed E-state index contributed by atoms with van der Waals surface area (Å²) in [5.74, 6) is 1.58. The number of nitrogens with zero attached hydrogens (tertiary/aromatic N) is 3. The van der Waals surface area contributed by atoms with E-state index in [1.165, 1.54) is 12.1 Å². The molecule has 2 aromatic carbocycles. The topological polar surface area (TPSA) is 65.5 Å². The lowest BCUT2D eigenvalue weighted by molar-refractivity contribution is -0.0605. The van der Waals surface area contributed by atoms with Crippen LogP contribution >= 0.6 is 0 Å². The molecule has 0 amide bonds. The van der Waals surface area contributed by atoms with Gasteiger partial charge in [-0.2, -0.15) is 0 Å². The number of rotatable bonds is 5. The number of hydrogen-bond acceptors (Lipinski definition) is 3. The molecule has 4 rings (SSSR count). The molecule has 1 saturated heterocycles. The molecule has 2 unspecified atom stereocenters. The molecule has 158 valence electrons. The Balaban J connectivity index is 1.45. The fraction of sp³-hybridized carbons (Fsp3) is 0.391. The summed E-state index contributed by atoms with van der Waals surface area (Å²) in [5.41, 5.74) is 3.01. The summed E-state index contributed by atoms with van der Waals surface area (Å²) >= 11 is 0. The number of morpholine rings is 1. The van der Waals surface area contributed by atoms with E-state index in [0.29, 0.717) is 13.1 Å². The predicted octanol–water partition coefficient (Wildman–Crippen LogP) is 3.67. The van der Waals surface area contributed by atoms with Crippen molar-refractivity contribution in [3.05, 3.63) is 65.7 Å². The zero-order valence-electron chi connectivity index (χ0n) is 17.4. The van der Waals surface area contributed by atoms with Gasteiger partial charge in [0, 0.05) is 26.1 Å². The van der Waals surface area contributed by atoms with Gasteiger partial charge in [0.2, 0.25) is 0 Å². The second-order valence-corrected chi connectivity index (χ2v) is 7.58. The van der Waals surface area contributed by atoms with Crippen LogP contribution in [0.5, 0.6) is 0 Å². The van der Waals surface area contributed by atoms with Crippen LogP contribution in [-0.4, -0.2) is 53.1 Å². The molecule has 1 aliphatic rings. The number of imidazole rings is 1. The summed E-state index contributed by atoms with van der Waals surface area (Å²) < 4.78 is 19.4. The molecule has 0 spiro atoms. The third-order valence-electron chi connectivity index (χ3n) is 5.19. The first kappa shape index (κ1) is 20.3. The lowest BCUT2D eigenvalue weighted by atomic mass is 10.1. The quantitative estimate of drug-likeness (QED) is 0.499. The van der Waals surface area contributed by atoms with Crippen LogP contribution in [0.2, 0.25) is 0 Å². The Kier molecular flexibility index (Phi) is 6.28. The van der Waals surface area contributed by atoms with Crippen molar-refractivity contribution in [2.45, 2.75) is 32.5 Å². The molecule has 0 saturated carbocycles. The number of aromatic amines is 1. The van der Waals surface area contributed by atoms with Crippen LogP contribution in [0.15, 0.2) is 53.5 Å². The summed E-state index contributed by atoms with van der Waals surface area (Å²) in [5, 5.41) is 3.40. The highest BCUT2D eigenvalue weighted by atomic mass is 19.1. The van der Waals surface area contributed by atoms with Crippen molar-refractivity contribution >= 4 is 17.0 Å². The predicted molar refractivity (Wildman–Crippen MR) is 117 cm³/mol. The van der Waals surface area contributed by atoms with Crippen LogP contribution in [0, 0.1) is 5.82 Å². The number of guanidine groups is 1. The zero-order valence-corrected chi connectivity index (χ0v) is 17.4. The molecule has 0 radical (unpaired) electrons. The number of H-pyrrole nitrogens is 1. The van der Waals surface area contributed by atoms with Crippen LogP contribution < -0.4 is 5.32 Å². The van der Waals surface area contributed by atoms with Crippen LogP contribution in [0.25, 0.3) is 11.0 Å². The van der Waals surface area contributed by atoms with Gasteiger partial charge in [-0.05, 0) is 43.7 Å². The standard InChI is InChI=1S/C23H28FN5O/c1-3-25-23(26-13-12-22-27-19-6-4-5-7-20(19)28-22)29-14-16(2)30-21(15-29)17-8-10-18(24)11-9-17/h4-11,16,21H,3,12-15H2,1-2H3,(H,25,26)(H,27,28). The summed E-state index contributed by atoms with van der Waals surface area (Å²) in [6.45, 7) is 6.98. The average molecular weight is 410 g/mol. The number of aliphatic imine (C=N–C) groups is 1. The average Bonchev–Trinajstić information content (AvgIpc) is 3.16. The highest BCUT2D eigenvalue weighted by Gasteiger charge is 2.28. The van der Waals surface area contributed by atoms with E-state index in [4.69, 9.17) is 9.73 Å². The monoisotopic (exact) mass is 409 g/mol. The summed E-state index contributed by atoms with van der Waals surface area (Å²) in [7, 11) is 0. The van der Waals surface area contributed by atoms with Gasteiger partial charge in [0.15, 0.2) is 5.96 Å². The number of para-hydroxylation sites is 2. The number of benzene rings is 2. The first-order valence-electron chi connectivity index (χ1n) is 10.5. The maximum absolute atomic E-state index is 13.3. The van der Waals surface area contributed by atoms with Gasteiger partial charge in [0.1, 0.15) is 17.7 Å². The second-order valence-electron chi connectivity index (χ2n) is 7.58. The highest BCUT2D eigenvalue weighted by molar-refractivity contribution is 5.80. The van der Waals surface area contributed by atoms with E-state index >= 15 is 0 Å². The number of fused-ring (bicyclic) bond motifs is 1. The third kappa shape index (κ3) is 4.79. The molecule has 1 aliphatic heterocycles. The summed E-state index contributed by atoms with van der Waals surface area (Å²) in [4.78, 5) is 15.0. The van der Waals surface area contributed by atoms with Crippen molar-refractivity contribution in [3.63, 3.8) is 0 Å². The third-order valence-corrected chi connectivity index (χ3v) is 5.19. The number of nitrogens with one attached hydrogen (secondary N) is 2. The lowest BCUT2D eigenvalue weighted by Gasteiger charge is -2.38. The molecule has 3 aromatic rings. The molecular weight excluding hydrogens is 381 g/mol. The smallest absolute Gasteiger partial charge is 0.194 e. The molecule has 2 atom stereocenters. The fourth-order valence-corrected chi connectivity index (χ4v) is 3.80. The van der Waals surface area contributed by atoms with E-state index in [1.54, 1.807) is 12.1 Å². The van der Waals surface area contributed by atoms with Gasteiger partial charge in [0.25, 0.3) is 0 Å². The maximum atomic E-state index is 13.3. The van der Waals surface area contributed by atoms with Crippen molar-refractivity contribution in [1.82, 2.24) is 20.2 Å². The first-order chi connectivity index (χ1) is 14.6. The Morgan fingerprint density at radius 3 is 2.80 bits per heavy atom. The normalized spacial score (nSPS) is 20.0. The van der Waals surface area contributed by atoms with Gasteiger partial charge in [-0.3, -0.25) is 4.99 Å². The minimum Gasteiger partial charge on any atom is -0.367 e. The largest absolute Gasteiger partial charge is 0.367 e. The Hall–Kier alpha value is -2.93. The molecule has 30 heavy (non-hydrogen) atoms. The maximum Gasteiger partial charge on any atom is 0.194 e. The van der Waals surface area contributed by atoms with Gasteiger partial charge in [-0.25, -0.2) is 9.37 Å². The lowest BCUT2D eigenvalue weighted by Crippen LogP contribution is -2.50. The molecule has 2 heterocycles. The van der Waals surface area contributed by atoms with Crippen LogP contribution in [0.3, 0.4) is 0 Å². The summed E-state index contributed by atoms with van der Waals surface area (Å²) in [6.07, 6.45) is 0.673. The van der Waals surface area contributed by atoms with E-state index in [2.05, 4.69) is 34.0 Å². The SMILES string of the molecule is CCNC(=NCCc1nc2ccccc2[nH]1)N1CC(C)OC(c2ccc(F)cc2)C1. The van der Waals surface area contributed by atoms with Gasteiger partial charge >= 0.3 is 0 Å². The first-order valence-corrected chi connectivity index (χ1v) is 10.5. The van der Waals surface area contributed by atoms with E-state index < -0.39 is 0 Å². The fourth-order valence-electron chi connectivity index (χ4n) is 3.80. The Bertz CT molecular complexity index is 967. The number of aromatic nitrogens is 2. The molecule has 6 nitrogen and oxygen atoms in total. The van der Waals surface area contributed by atoms with E-state index in [-0.39, 0.29) is 18.0 Å². The Morgan fingerprint density at radius 2 is 2.03 bits per heavy atom. The zero-order chi connectivity index (χ0) is 20.9. The molecule has 0 bridgehead atoms. The minimum absolute atomic E-state index is 0.0491. The van der Waals surface area contributed by atoms with Crippen molar-refractivity contribution < 1.29 is 9.13 Å². The molecule has 1 aromatic heterocycles. The van der Waals surface area contributed by atoms with Crippen molar-refractivity contribution in [3.8, 4) is 0 Å². The van der Waals surface area contributed by atoms with E-state index in [0.717, 1.165) is 47.9 Å². The number of ether oxygens (including phenoxy) is 1. The Morgan fingerprint density at radius 1 is 1.23 bits per heavy atom. The van der Waals surface area contributed by atoms with Crippen LogP contribution in [0.1, 0.15) is 31.3 Å². The van der Waals surface area contributed by atoms with Gasteiger partial charge in [-0.1, -0.05) is 24.3 Å². The van der Waals surface area contributed by atoms with E-state index in [1.807, 2.05) is 24.3 Å². The Labute approximate surface area is 176 Å². The van der Waals surface area contributed by atoms with Crippen molar-refractivity contribution in [2.24, 2.45) is 4.99 Å². The van der Waals surface area contributed by atoms with E-state index in [9.17, 15) is 4.39 Å². The highest BCUT2D eigenvalue weighted by Crippen LogP contribution is 2.25.